The summed E-state index contributed by atoms with van der Waals surface area (Å²) in [5.41, 5.74) is 1.21. The lowest BCUT2D eigenvalue weighted by molar-refractivity contribution is 0.0505. The Balaban J connectivity index is 2.71. The van der Waals surface area contributed by atoms with Gasteiger partial charge in [-0.15, -0.1) is 0 Å². The van der Waals surface area contributed by atoms with Crippen molar-refractivity contribution < 1.29 is 14.6 Å². The van der Waals surface area contributed by atoms with Crippen molar-refractivity contribution in [2.75, 3.05) is 6.61 Å². The van der Waals surface area contributed by atoms with Gasteiger partial charge >= 0.3 is 5.97 Å². The highest BCUT2D eigenvalue weighted by Gasteiger charge is 2.08. The minimum Gasteiger partial charge on any atom is -0.462 e. The van der Waals surface area contributed by atoms with E-state index in [2.05, 4.69) is 32.8 Å². The minimum atomic E-state index is -0.340. The Bertz CT molecular complexity index is 368. The van der Waals surface area contributed by atoms with Gasteiger partial charge in [0.2, 0.25) is 0 Å². The van der Waals surface area contributed by atoms with Crippen LogP contribution < -0.4 is 0 Å². The fraction of sp³-hybridized carbons (Fsp3) is 0.364. The number of ether oxygens (including phenoxy) is 1. The largest absolute Gasteiger partial charge is 0.462 e. The Kier molecular flexibility index (Phi) is 6.00. The van der Waals surface area contributed by atoms with Crippen LogP contribution in [-0.2, 0) is 11.3 Å². The third-order valence-corrected chi connectivity index (χ3v) is 2.91. The van der Waals surface area contributed by atoms with E-state index in [4.69, 9.17) is 9.84 Å². The van der Waals surface area contributed by atoms with Crippen LogP contribution in [-0.4, -0.2) is 27.9 Å². The molecule has 85 valence electrons. The van der Waals surface area contributed by atoms with Crippen molar-refractivity contribution in [1.82, 2.24) is 0 Å². The molecule has 1 aromatic carbocycles. The van der Waals surface area contributed by atoms with Crippen molar-refractivity contribution in [3.05, 3.63) is 32.9 Å². The van der Waals surface area contributed by atoms with Gasteiger partial charge in [-0.3, -0.25) is 0 Å². The Morgan fingerprint density at radius 1 is 1.44 bits per heavy atom. The lowest BCUT2D eigenvalue weighted by Crippen LogP contribution is -2.07. The summed E-state index contributed by atoms with van der Waals surface area (Å²) in [7, 11) is 3.31. The summed E-state index contributed by atoms with van der Waals surface area (Å²) in [6.07, 6.45) is 0.791. The molecule has 0 spiro atoms. The van der Waals surface area contributed by atoms with Crippen LogP contribution in [0.15, 0.2) is 18.2 Å². The Labute approximate surface area is 112 Å². The number of aliphatic hydroxyl groups excluding tert-OH is 1. The summed E-state index contributed by atoms with van der Waals surface area (Å²) in [5.74, 6) is -0.340. The standard InChI is InChI=1S/C11H12IO3Si/c12-10-5-8(7-13)4-9(6-10)11(14)15-2-1-3-16/h4-6,13H,1-3,7H2. The third-order valence-electron chi connectivity index (χ3n) is 1.93. The van der Waals surface area contributed by atoms with E-state index in [-0.39, 0.29) is 12.6 Å². The molecule has 0 atom stereocenters. The molecular formula is C11H12IO3Si. The Hall–Kier alpha value is -0.403. The van der Waals surface area contributed by atoms with Gasteiger partial charge in [0.1, 0.15) is 0 Å². The zero-order chi connectivity index (χ0) is 12.0. The number of rotatable bonds is 5. The van der Waals surface area contributed by atoms with E-state index in [0.29, 0.717) is 12.2 Å². The second-order valence-electron chi connectivity index (χ2n) is 3.25. The highest BCUT2D eigenvalue weighted by atomic mass is 127. The predicted molar refractivity (Wildman–Crippen MR) is 70.5 cm³/mol. The zero-order valence-corrected chi connectivity index (χ0v) is 11.9. The van der Waals surface area contributed by atoms with Crippen LogP contribution in [0.2, 0.25) is 6.04 Å². The number of carbonyl (C=O) groups excluding carboxylic acids is 1. The number of hydrogen-bond acceptors (Lipinski definition) is 3. The molecule has 0 aliphatic carbocycles. The molecule has 0 bridgehead atoms. The average molecular weight is 347 g/mol. The SMILES string of the molecule is O=C(OCCC[Si])c1cc(I)cc(CO)c1. The molecule has 0 saturated heterocycles. The van der Waals surface area contributed by atoms with E-state index in [9.17, 15) is 4.79 Å². The zero-order valence-electron chi connectivity index (χ0n) is 8.70. The molecule has 0 unspecified atom stereocenters. The first kappa shape index (κ1) is 13.7. The molecule has 3 radical (unpaired) electrons. The maximum absolute atomic E-state index is 11.6. The van der Waals surface area contributed by atoms with Crippen molar-refractivity contribution in [3.63, 3.8) is 0 Å². The first-order valence-electron chi connectivity index (χ1n) is 4.89. The predicted octanol–water partition coefficient (Wildman–Crippen LogP) is 1.92. The molecule has 0 aliphatic heterocycles. The van der Waals surface area contributed by atoms with Crippen LogP contribution >= 0.6 is 22.6 Å². The lowest BCUT2D eigenvalue weighted by atomic mass is 10.1. The molecule has 5 heteroatoms. The average Bonchev–Trinajstić information content (AvgIpc) is 2.28. The molecular weight excluding hydrogens is 335 g/mol. The van der Waals surface area contributed by atoms with Crippen LogP contribution in [0.4, 0.5) is 0 Å². The van der Waals surface area contributed by atoms with Crippen molar-refractivity contribution in [2.24, 2.45) is 0 Å². The summed E-state index contributed by atoms with van der Waals surface area (Å²) in [6, 6.07) is 6.03. The number of carbonyl (C=O) groups is 1. The summed E-state index contributed by atoms with van der Waals surface area (Å²) in [4.78, 5) is 11.6. The lowest BCUT2D eigenvalue weighted by Gasteiger charge is -2.06. The van der Waals surface area contributed by atoms with Crippen LogP contribution in [0, 0.1) is 3.57 Å². The molecule has 0 heterocycles. The van der Waals surface area contributed by atoms with Gasteiger partial charge in [-0.05, 0) is 52.8 Å². The van der Waals surface area contributed by atoms with Gasteiger partial charge in [0.25, 0.3) is 0 Å². The molecule has 1 N–H and O–H groups in total. The smallest absolute Gasteiger partial charge is 0.338 e. The van der Waals surface area contributed by atoms with Crippen molar-refractivity contribution in [3.8, 4) is 0 Å². The van der Waals surface area contributed by atoms with Crippen LogP contribution in [0.1, 0.15) is 22.3 Å². The number of halogens is 1. The molecule has 0 aromatic heterocycles. The fourth-order valence-electron chi connectivity index (χ4n) is 1.18. The maximum atomic E-state index is 11.6. The number of hydrogen-bond donors (Lipinski definition) is 1. The normalized spacial score (nSPS) is 10.2. The van der Waals surface area contributed by atoms with E-state index in [1.807, 2.05) is 6.07 Å². The molecule has 1 aromatic rings. The van der Waals surface area contributed by atoms with Crippen LogP contribution in [0.5, 0.6) is 0 Å². The number of benzene rings is 1. The van der Waals surface area contributed by atoms with E-state index < -0.39 is 0 Å². The van der Waals surface area contributed by atoms with E-state index >= 15 is 0 Å². The van der Waals surface area contributed by atoms with E-state index in [0.717, 1.165) is 21.6 Å². The quantitative estimate of drug-likeness (QED) is 0.383. The third kappa shape index (κ3) is 4.23. The van der Waals surface area contributed by atoms with Crippen molar-refractivity contribution in [2.45, 2.75) is 19.1 Å². The van der Waals surface area contributed by atoms with Crippen molar-refractivity contribution in [1.29, 1.82) is 0 Å². The van der Waals surface area contributed by atoms with Gasteiger partial charge in [-0.1, -0.05) is 6.04 Å². The topological polar surface area (TPSA) is 46.5 Å². The maximum Gasteiger partial charge on any atom is 0.338 e. The molecule has 3 nitrogen and oxygen atoms in total. The summed E-state index contributed by atoms with van der Waals surface area (Å²) in [6.45, 7) is 0.334. The number of esters is 1. The van der Waals surface area contributed by atoms with Gasteiger partial charge in [0.05, 0.1) is 18.8 Å². The second kappa shape index (κ2) is 7.03. The van der Waals surface area contributed by atoms with Crippen LogP contribution in [0.25, 0.3) is 0 Å². The van der Waals surface area contributed by atoms with Crippen LogP contribution in [0.3, 0.4) is 0 Å². The summed E-state index contributed by atoms with van der Waals surface area (Å²) >= 11 is 2.11. The van der Waals surface area contributed by atoms with E-state index in [1.54, 1.807) is 12.1 Å². The second-order valence-corrected chi connectivity index (χ2v) is 4.99. The molecule has 0 saturated carbocycles. The molecule has 0 aliphatic rings. The van der Waals surface area contributed by atoms with Gasteiger partial charge < -0.3 is 9.84 Å². The highest BCUT2D eigenvalue weighted by molar-refractivity contribution is 14.1. The summed E-state index contributed by atoms with van der Waals surface area (Å²) in [5, 5.41) is 9.02. The molecule has 16 heavy (non-hydrogen) atoms. The highest BCUT2D eigenvalue weighted by Crippen LogP contribution is 2.13. The van der Waals surface area contributed by atoms with Gasteiger partial charge in [-0.25, -0.2) is 4.79 Å². The van der Waals surface area contributed by atoms with E-state index in [1.165, 1.54) is 0 Å². The fourth-order valence-corrected chi connectivity index (χ4v) is 2.06. The number of aliphatic hydroxyl groups is 1. The van der Waals surface area contributed by atoms with Gasteiger partial charge in [0, 0.05) is 13.8 Å². The van der Waals surface area contributed by atoms with Gasteiger partial charge in [-0.2, -0.15) is 0 Å². The minimum absolute atomic E-state index is 0.0712. The Morgan fingerprint density at radius 3 is 2.81 bits per heavy atom. The molecule has 0 amide bonds. The molecule has 1 rings (SSSR count). The Morgan fingerprint density at radius 2 is 2.19 bits per heavy atom. The monoisotopic (exact) mass is 347 g/mol. The first-order valence-corrected chi connectivity index (χ1v) is 6.68. The first-order chi connectivity index (χ1) is 7.67. The molecule has 0 fully saturated rings. The van der Waals surface area contributed by atoms with Crippen molar-refractivity contribution >= 4 is 38.8 Å². The summed E-state index contributed by atoms with van der Waals surface area (Å²) < 4.78 is 5.98. The van der Waals surface area contributed by atoms with Gasteiger partial charge in [0.15, 0.2) is 0 Å².